The molecule has 58 heavy (non-hydrogen) atoms. The average Bonchev–Trinajstić information content (AvgIpc) is 3.83. The highest BCUT2D eigenvalue weighted by Gasteiger charge is 2.18. The molecule has 0 amide bonds. The first-order chi connectivity index (χ1) is 28.7. The minimum atomic E-state index is -0.250. The Morgan fingerprint density at radius 1 is 0.379 bits per heavy atom. The van der Waals surface area contributed by atoms with E-state index in [9.17, 15) is 4.39 Å². The van der Waals surface area contributed by atoms with Crippen LogP contribution in [-0.2, 0) is 0 Å². The van der Waals surface area contributed by atoms with Crippen LogP contribution in [0.4, 0.5) is 21.5 Å². The summed E-state index contributed by atoms with van der Waals surface area (Å²) >= 11 is 1.86. The van der Waals surface area contributed by atoms with Crippen LogP contribution in [0.5, 0.6) is 0 Å². The molecule has 0 radical (unpaired) electrons. The number of thiophene rings is 1. The fourth-order valence-corrected chi connectivity index (χ4v) is 9.81. The molecule has 2 aromatic heterocycles. The van der Waals surface area contributed by atoms with Gasteiger partial charge in [0, 0.05) is 53.6 Å². The van der Waals surface area contributed by atoms with Gasteiger partial charge in [-0.15, -0.1) is 11.3 Å². The number of hydrogen-bond acceptors (Lipinski definition) is 2. The van der Waals surface area contributed by atoms with Crippen LogP contribution in [0.1, 0.15) is 0 Å². The molecule has 2 nitrogen and oxygen atoms in total. The van der Waals surface area contributed by atoms with Crippen molar-refractivity contribution in [2.45, 2.75) is 0 Å². The molecule has 0 aliphatic rings. The lowest BCUT2D eigenvalue weighted by molar-refractivity contribution is 0.629. The largest absolute Gasteiger partial charge is 0.310 e. The van der Waals surface area contributed by atoms with Gasteiger partial charge in [-0.25, -0.2) is 4.39 Å². The van der Waals surface area contributed by atoms with Crippen LogP contribution in [0.2, 0.25) is 0 Å². The van der Waals surface area contributed by atoms with Crippen molar-refractivity contribution in [1.82, 2.24) is 4.57 Å². The maximum atomic E-state index is 14.8. The van der Waals surface area contributed by atoms with Crippen molar-refractivity contribution in [2.24, 2.45) is 0 Å². The summed E-state index contributed by atoms with van der Waals surface area (Å²) in [5.74, 6) is -0.250. The second-order valence-electron chi connectivity index (χ2n) is 14.7. The molecular weight excluding hydrogens is 728 g/mol. The number of halogens is 1. The van der Waals surface area contributed by atoms with E-state index < -0.39 is 0 Å². The van der Waals surface area contributed by atoms with Gasteiger partial charge in [0.05, 0.1) is 16.7 Å². The number of aromatic nitrogens is 1. The second kappa shape index (κ2) is 14.0. The fraction of sp³-hybridized carbons (Fsp3) is 0. The van der Waals surface area contributed by atoms with Crippen LogP contribution in [0.3, 0.4) is 0 Å². The minimum Gasteiger partial charge on any atom is -0.310 e. The molecule has 0 N–H and O–H groups in total. The molecule has 0 fully saturated rings. The van der Waals surface area contributed by atoms with E-state index in [4.69, 9.17) is 0 Å². The number of benzene rings is 9. The first-order valence-corrected chi connectivity index (χ1v) is 20.3. The Balaban J connectivity index is 1.02. The SMILES string of the molecule is Fc1ccc2c3ccccc3n(-c3ccccc3-c3ccc(N(c4ccc(-c5cccc6c5sc5ccccc56)cc4)c4cccc(-c5ccccc5)c4)cc3)c2c1. The van der Waals surface area contributed by atoms with Gasteiger partial charge in [-0.3, -0.25) is 0 Å². The lowest BCUT2D eigenvalue weighted by atomic mass is 10.0. The molecule has 0 aliphatic heterocycles. The molecule has 11 aromatic rings. The lowest BCUT2D eigenvalue weighted by Gasteiger charge is -2.26. The van der Waals surface area contributed by atoms with Crippen molar-refractivity contribution in [3.63, 3.8) is 0 Å². The van der Waals surface area contributed by atoms with Crippen LogP contribution in [-0.4, -0.2) is 4.57 Å². The topological polar surface area (TPSA) is 8.17 Å². The highest BCUT2D eigenvalue weighted by Crippen LogP contribution is 2.43. The quantitative estimate of drug-likeness (QED) is 0.157. The summed E-state index contributed by atoms with van der Waals surface area (Å²) in [6.07, 6.45) is 0. The van der Waals surface area contributed by atoms with E-state index >= 15 is 0 Å². The zero-order valence-corrected chi connectivity index (χ0v) is 32.2. The van der Waals surface area contributed by atoms with Gasteiger partial charge in [-0.05, 0) is 101 Å². The smallest absolute Gasteiger partial charge is 0.125 e. The maximum absolute atomic E-state index is 14.8. The van der Waals surface area contributed by atoms with E-state index in [0.717, 1.165) is 61.2 Å². The van der Waals surface area contributed by atoms with Crippen LogP contribution in [0.15, 0.2) is 212 Å². The predicted octanol–water partition coefficient (Wildman–Crippen LogP) is 15.8. The monoisotopic (exact) mass is 762 g/mol. The van der Waals surface area contributed by atoms with Gasteiger partial charge in [-0.1, -0.05) is 140 Å². The zero-order valence-electron chi connectivity index (χ0n) is 31.4. The summed E-state index contributed by atoms with van der Waals surface area (Å²) in [5, 5.41) is 4.73. The van der Waals surface area contributed by atoms with Gasteiger partial charge >= 0.3 is 0 Å². The number of nitrogens with zero attached hydrogens (tertiary/aromatic N) is 2. The molecule has 0 spiro atoms. The van der Waals surface area contributed by atoms with Crippen molar-refractivity contribution in [2.75, 3.05) is 4.90 Å². The van der Waals surface area contributed by atoms with Gasteiger partial charge < -0.3 is 9.47 Å². The van der Waals surface area contributed by atoms with Crippen molar-refractivity contribution >= 4 is 70.4 Å². The van der Waals surface area contributed by atoms with Crippen LogP contribution in [0.25, 0.3) is 81.0 Å². The summed E-state index contributed by atoms with van der Waals surface area (Å²) in [5.41, 5.74) is 13.0. The summed E-state index contributed by atoms with van der Waals surface area (Å²) in [7, 11) is 0. The minimum absolute atomic E-state index is 0.250. The molecule has 0 bridgehead atoms. The maximum Gasteiger partial charge on any atom is 0.125 e. The molecule has 0 saturated heterocycles. The highest BCUT2D eigenvalue weighted by molar-refractivity contribution is 7.26. The first kappa shape index (κ1) is 34.0. The highest BCUT2D eigenvalue weighted by atomic mass is 32.1. The molecule has 4 heteroatoms. The van der Waals surface area contributed by atoms with Crippen LogP contribution in [0, 0.1) is 5.82 Å². The third-order valence-corrected chi connectivity index (χ3v) is 12.5. The standard InChI is InChI=1S/C54H35FN2S/c55-40-28-33-47-46-17-5-8-22-51(46)57(52(47)35-40)50-21-7-4-16-44(50)37-24-29-41(30-25-37)56(43-15-10-14-39(34-43)36-12-2-1-3-13-36)42-31-26-38(27-32-42)45-19-11-20-49-48-18-6-9-23-53(48)58-54(45)49/h1-35H. The normalized spacial score (nSPS) is 11.5. The van der Waals surface area contributed by atoms with Crippen LogP contribution >= 0.6 is 11.3 Å². The first-order valence-electron chi connectivity index (χ1n) is 19.5. The van der Waals surface area contributed by atoms with Gasteiger partial charge in [0.25, 0.3) is 0 Å². The summed E-state index contributed by atoms with van der Waals surface area (Å²) in [4.78, 5) is 2.33. The second-order valence-corrected chi connectivity index (χ2v) is 15.7. The van der Waals surface area contributed by atoms with E-state index in [-0.39, 0.29) is 5.82 Å². The van der Waals surface area contributed by atoms with Gasteiger partial charge in [0.15, 0.2) is 0 Å². The van der Waals surface area contributed by atoms with Crippen LogP contribution < -0.4 is 4.90 Å². The number of para-hydroxylation sites is 2. The summed E-state index contributed by atoms with van der Waals surface area (Å²) in [6, 6.07) is 74.2. The Bertz CT molecular complexity index is 3290. The molecule has 0 saturated carbocycles. The zero-order chi connectivity index (χ0) is 38.6. The molecule has 274 valence electrons. The predicted molar refractivity (Wildman–Crippen MR) is 245 cm³/mol. The van der Waals surface area contributed by atoms with Crippen molar-refractivity contribution < 1.29 is 4.39 Å². The molecule has 0 aliphatic carbocycles. The Hall–Kier alpha value is -7.27. The summed E-state index contributed by atoms with van der Waals surface area (Å²) < 4.78 is 19.6. The van der Waals surface area contributed by atoms with Crippen molar-refractivity contribution in [3.05, 3.63) is 218 Å². The Morgan fingerprint density at radius 2 is 0.983 bits per heavy atom. The number of rotatable bonds is 7. The van der Waals surface area contributed by atoms with Gasteiger partial charge in [0.1, 0.15) is 5.82 Å². The van der Waals surface area contributed by atoms with E-state index in [1.54, 1.807) is 12.1 Å². The van der Waals surface area contributed by atoms with Gasteiger partial charge in [-0.2, -0.15) is 0 Å². The van der Waals surface area contributed by atoms with Gasteiger partial charge in [0.2, 0.25) is 0 Å². The molecular formula is C54H35FN2S. The fourth-order valence-electron chi connectivity index (χ4n) is 8.57. The molecule has 0 atom stereocenters. The van der Waals surface area contributed by atoms with E-state index in [1.807, 2.05) is 29.5 Å². The average molecular weight is 763 g/mol. The summed E-state index contributed by atoms with van der Waals surface area (Å²) in [6.45, 7) is 0. The lowest BCUT2D eigenvalue weighted by Crippen LogP contribution is -2.10. The molecule has 2 heterocycles. The molecule has 9 aromatic carbocycles. The van der Waals surface area contributed by atoms with E-state index in [2.05, 4.69) is 191 Å². The van der Waals surface area contributed by atoms with E-state index in [1.165, 1.54) is 36.9 Å². The molecule has 11 rings (SSSR count). The number of anilines is 3. The number of hydrogen-bond donors (Lipinski definition) is 0. The third-order valence-electron chi connectivity index (χ3n) is 11.3. The van der Waals surface area contributed by atoms with Crippen molar-refractivity contribution in [1.29, 1.82) is 0 Å². The third kappa shape index (κ3) is 5.77. The number of fused-ring (bicyclic) bond motifs is 6. The van der Waals surface area contributed by atoms with Crippen molar-refractivity contribution in [3.8, 4) is 39.1 Å². The Labute approximate surface area is 339 Å². The molecule has 0 unspecified atom stereocenters. The Morgan fingerprint density at radius 3 is 1.79 bits per heavy atom. The Kier molecular flexibility index (Phi) is 8.23. The van der Waals surface area contributed by atoms with E-state index in [0.29, 0.717) is 0 Å².